The lowest BCUT2D eigenvalue weighted by Gasteiger charge is -2.17. The molecular weight excluding hydrogens is 476 g/mol. The Morgan fingerprint density at radius 1 is 1.24 bits per heavy atom. The van der Waals surface area contributed by atoms with Crippen molar-refractivity contribution in [3.63, 3.8) is 0 Å². The molecule has 1 fully saturated rings. The fourth-order valence-corrected chi connectivity index (χ4v) is 4.78. The maximum Gasteiger partial charge on any atom is 0.326 e. The predicted molar refractivity (Wildman–Crippen MR) is 135 cm³/mol. The highest BCUT2D eigenvalue weighted by Gasteiger charge is 2.23. The topological polar surface area (TPSA) is 137 Å². The van der Waals surface area contributed by atoms with E-state index in [0.717, 1.165) is 5.56 Å². The number of nitrogens with one attached hydrogen (secondary N) is 4. The minimum absolute atomic E-state index is 0.00880. The first-order chi connectivity index (χ1) is 16.4. The van der Waals surface area contributed by atoms with E-state index in [9.17, 15) is 23.7 Å². The molecule has 34 heavy (non-hydrogen) atoms. The van der Waals surface area contributed by atoms with Crippen LogP contribution >= 0.6 is 11.8 Å². The summed E-state index contributed by atoms with van der Waals surface area (Å²) in [4.78, 5) is 35.9. The van der Waals surface area contributed by atoms with Gasteiger partial charge >= 0.3 is 5.97 Å². The number of carboxylic acid groups (broad SMARTS) is 1. The molecular formula is C23H28N4O5S2. The highest BCUT2D eigenvalue weighted by Crippen LogP contribution is 2.27. The van der Waals surface area contributed by atoms with Crippen LogP contribution in [0.2, 0.25) is 0 Å². The average Bonchev–Trinajstić information content (AvgIpc) is 3.25. The van der Waals surface area contributed by atoms with E-state index < -0.39 is 29.1 Å². The lowest BCUT2D eigenvalue weighted by atomic mass is 9.98. The Morgan fingerprint density at radius 2 is 2.00 bits per heavy atom. The van der Waals surface area contributed by atoms with Gasteiger partial charge in [-0.1, -0.05) is 30.3 Å². The fourth-order valence-electron chi connectivity index (χ4n) is 3.54. The highest BCUT2D eigenvalue weighted by molar-refractivity contribution is 7.98. The molecule has 0 saturated carbocycles. The van der Waals surface area contributed by atoms with E-state index in [1.165, 1.54) is 11.8 Å². The second kappa shape index (κ2) is 12.5. The average molecular weight is 505 g/mol. The largest absolute Gasteiger partial charge is 0.480 e. The maximum absolute atomic E-state index is 13.0. The maximum atomic E-state index is 13.0. The smallest absolute Gasteiger partial charge is 0.326 e. The van der Waals surface area contributed by atoms with Crippen LogP contribution in [0.3, 0.4) is 0 Å². The van der Waals surface area contributed by atoms with E-state index in [-0.39, 0.29) is 11.9 Å². The predicted octanol–water partition coefficient (Wildman–Crippen LogP) is 2.15. The zero-order valence-corrected chi connectivity index (χ0v) is 20.3. The molecule has 0 aromatic heterocycles. The summed E-state index contributed by atoms with van der Waals surface area (Å²) in [6, 6.07) is 13.1. The Kier molecular flexibility index (Phi) is 9.49. The number of benzene rings is 2. The van der Waals surface area contributed by atoms with E-state index in [1.54, 1.807) is 18.2 Å². The summed E-state index contributed by atoms with van der Waals surface area (Å²) in [5.74, 6) is -0.975. The van der Waals surface area contributed by atoms with Crippen LogP contribution in [0.15, 0.2) is 48.5 Å². The van der Waals surface area contributed by atoms with Crippen LogP contribution in [0, 0.1) is 0 Å². The summed E-state index contributed by atoms with van der Waals surface area (Å²) < 4.78 is 18.2. The molecule has 0 radical (unpaired) electrons. The summed E-state index contributed by atoms with van der Waals surface area (Å²) >= 11 is -0.0996. The number of carboxylic acids is 1. The van der Waals surface area contributed by atoms with Crippen molar-refractivity contribution in [2.75, 3.05) is 23.3 Å². The first kappa shape index (κ1) is 25.7. The quantitative estimate of drug-likeness (QED) is 0.300. The van der Waals surface area contributed by atoms with Gasteiger partial charge in [0.25, 0.3) is 5.91 Å². The standard InChI is InChI=1S/C23H28N4O5S2/c1-33-12-11-20(23(30)31)26-22(29)18-9-7-16(13-19(18)15-5-3-2-4-6-15)27-34(32)24-14-17-8-10-21(28)25-17/h2-7,9,13,17,20,24,27H,8,10-12,14H2,1H3,(H,25,28)(H,26,29)(H,30,31)/t17-,20-,34?/m0/s1. The third-order valence-electron chi connectivity index (χ3n) is 5.32. The Bertz CT molecular complexity index is 1050. The SMILES string of the molecule is CSCC[C@H](NC(=O)c1ccc(NS(=O)NC[C@@H]2CCC(=O)N2)cc1-c1ccccc1)C(=O)O. The van der Waals surface area contributed by atoms with E-state index >= 15 is 0 Å². The molecule has 2 aromatic rings. The second-order valence-corrected chi connectivity index (χ2v) is 9.81. The monoisotopic (exact) mass is 504 g/mol. The molecule has 0 spiro atoms. The van der Waals surface area contributed by atoms with Gasteiger partial charge < -0.3 is 15.7 Å². The zero-order valence-electron chi connectivity index (χ0n) is 18.7. The molecule has 3 rings (SSSR count). The van der Waals surface area contributed by atoms with Gasteiger partial charge in [0, 0.05) is 30.3 Å². The van der Waals surface area contributed by atoms with Crippen molar-refractivity contribution in [2.45, 2.75) is 31.3 Å². The van der Waals surface area contributed by atoms with Crippen molar-refractivity contribution in [3.05, 3.63) is 54.1 Å². The lowest BCUT2D eigenvalue weighted by Crippen LogP contribution is -2.41. The number of carbonyl (C=O) groups excluding carboxylic acids is 2. The molecule has 182 valence electrons. The van der Waals surface area contributed by atoms with Crippen molar-refractivity contribution >= 4 is 46.4 Å². The van der Waals surface area contributed by atoms with Gasteiger partial charge in [0.05, 0.1) is 0 Å². The molecule has 0 bridgehead atoms. The van der Waals surface area contributed by atoms with Crippen LogP contribution in [0.4, 0.5) is 5.69 Å². The Hall–Kier alpha value is -2.89. The summed E-state index contributed by atoms with van der Waals surface area (Å²) in [5, 5.41) is 14.9. The molecule has 5 N–H and O–H groups in total. The van der Waals surface area contributed by atoms with Crippen LogP contribution in [-0.2, 0) is 20.8 Å². The van der Waals surface area contributed by atoms with E-state index in [2.05, 4.69) is 20.1 Å². The number of hydrogen-bond donors (Lipinski definition) is 5. The molecule has 1 aliphatic heterocycles. The summed E-state index contributed by atoms with van der Waals surface area (Å²) in [7, 11) is 0. The van der Waals surface area contributed by atoms with Crippen LogP contribution in [0.25, 0.3) is 11.1 Å². The summed E-state index contributed by atoms with van der Waals surface area (Å²) in [5.41, 5.74) is 2.19. The third kappa shape index (κ3) is 7.31. The van der Waals surface area contributed by atoms with Crippen molar-refractivity contribution in [1.29, 1.82) is 0 Å². The molecule has 11 heteroatoms. The number of rotatable bonds is 12. The van der Waals surface area contributed by atoms with E-state index in [0.29, 0.717) is 48.4 Å². The van der Waals surface area contributed by atoms with Gasteiger partial charge in [-0.15, -0.1) is 0 Å². The van der Waals surface area contributed by atoms with Crippen molar-refractivity contribution in [3.8, 4) is 11.1 Å². The van der Waals surface area contributed by atoms with Gasteiger partial charge in [-0.2, -0.15) is 11.8 Å². The van der Waals surface area contributed by atoms with E-state index in [4.69, 9.17) is 0 Å². The molecule has 9 nitrogen and oxygen atoms in total. The second-order valence-electron chi connectivity index (χ2n) is 7.79. The first-order valence-corrected chi connectivity index (χ1v) is 13.3. The Labute approximate surface area is 205 Å². The molecule has 3 atom stereocenters. The molecule has 2 amide bonds. The van der Waals surface area contributed by atoms with Gasteiger partial charge in [-0.3, -0.25) is 14.3 Å². The van der Waals surface area contributed by atoms with Crippen LogP contribution in [-0.4, -0.2) is 57.7 Å². The first-order valence-electron chi connectivity index (χ1n) is 10.8. The highest BCUT2D eigenvalue weighted by atomic mass is 32.2. The molecule has 0 aliphatic carbocycles. The van der Waals surface area contributed by atoms with Crippen LogP contribution < -0.4 is 20.1 Å². The zero-order chi connectivity index (χ0) is 24.5. The van der Waals surface area contributed by atoms with Gasteiger partial charge in [0.1, 0.15) is 6.04 Å². The van der Waals surface area contributed by atoms with E-state index in [1.807, 2.05) is 36.6 Å². The lowest BCUT2D eigenvalue weighted by molar-refractivity contribution is -0.139. The minimum Gasteiger partial charge on any atom is -0.480 e. The molecule has 1 unspecified atom stereocenters. The number of aliphatic carboxylic acids is 1. The molecule has 1 saturated heterocycles. The van der Waals surface area contributed by atoms with Gasteiger partial charge in [0.15, 0.2) is 11.2 Å². The third-order valence-corrected chi connectivity index (χ3v) is 6.81. The number of thioether (sulfide) groups is 1. The number of anilines is 1. The van der Waals surface area contributed by atoms with Gasteiger partial charge in [0.2, 0.25) is 5.91 Å². The molecule has 2 aromatic carbocycles. The van der Waals surface area contributed by atoms with Crippen LogP contribution in [0.1, 0.15) is 29.6 Å². The van der Waals surface area contributed by atoms with Crippen molar-refractivity contribution in [2.24, 2.45) is 0 Å². The van der Waals surface area contributed by atoms with Gasteiger partial charge in [-0.05, 0) is 54.2 Å². The number of hydrogen-bond acceptors (Lipinski definition) is 5. The molecule has 1 aliphatic rings. The number of amides is 2. The normalized spacial score (nSPS) is 17.0. The summed E-state index contributed by atoms with van der Waals surface area (Å²) in [6.07, 6.45) is 3.35. The summed E-state index contributed by atoms with van der Waals surface area (Å²) in [6.45, 7) is 0.365. The fraction of sp³-hybridized carbons (Fsp3) is 0.348. The number of carbonyl (C=O) groups is 3. The molecule has 1 heterocycles. The van der Waals surface area contributed by atoms with Crippen molar-refractivity contribution < 1.29 is 23.7 Å². The van der Waals surface area contributed by atoms with Crippen LogP contribution in [0.5, 0.6) is 0 Å². The van der Waals surface area contributed by atoms with Crippen molar-refractivity contribution in [1.82, 2.24) is 15.4 Å². The Morgan fingerprint density at radius 3 is 2.65 bits per heavy atom. The minimum atomic E-state index is -1.61. The Balaban J connectivity index is 1.76. The van der Waals surface area contributed by atoms with Gasteiger partial charge in [-0.25, -0.2) is 13.7 Å².